The molecule has 7 heteroatoms. The lowest BCUT2D eigenvalue weighted by Crippen LogP contribution is -2.27. The zero-order chi connectivity index (χ0) is 18.0. The summed E-state index contributed by atoms with van der Waals surface area (Å²) < 4.78 is 10.8. The first kappa shape index (κ1) is 16.9. The quantitative estimate of drug-likeness (QED) is 0.783. The summed E-state index contributed by atoms with van der Waals surface area (Å²) in [5, 5.41) is 14.8. The van der Waals surface area contributed by atoms with Gasteiger partial charge in [-0.25, -0.2) is 0 Å². The molecule has 2 aromatic heterocycles. The summed E-state index contributed by atoms with van der Waals surface area (Å²) in [4.78, 5) is 12.5. The summed E-state index contributed by atoms with van der Waals surface area (Å²) in [6, 6.07) is 9.46. The Balaban J connectivity index is 1.72. The van der Waals surface area contributed by atoms with E-state index in [4.69, 9.17) is 8.94 Å². The molecule has 0 unspecified atom stereocenters. The van der Waals surface area contributed by atoms with Crippen molar-refractivity contribution in [2.75, 3.05) is 0 Å². The molecule has 0 aliphatic heterocycles. The van der Waals surface area contributed by atoms with Gasteiger partial charge in [0.15, 0.2) is 0 Å². The van der Waals surface area contributed by atoms with Gasteiger partial charge in [0, 0.05) is 11.0 Å². The van der Waals surface area contributed by atoms with Crippen LogP contribution in [0.15, 0.2) is 39.3 Å². The summed E-state index contributed by atoms with van der Waals surface area (Å²) in [6.45, 7) is 7.78. The second kappa shape index (κ2) is 6.51. The molecule has 1 N–H and O–H groups in total. The van der Waals surface area contributed by atoms with Crippen LogP contribution in [0.4, 0.5) is 0 Å². The molecule has 0 bridgehead atoms. The number of benzene rings is 1. The van der Waals surface area contributed by atoms with Crippen molar-refractivity contribution >= 4 is 5.91 Å². The van der Waals surface area contributed by atoms with Gasteiger partial charge in [-0.1, -0.05) is 44.1 Å². The average molecular weight is 340 g/mol. The van der Waals surface area contributed by atoms with Crippen LogP contribution in [0.3, 0.4) is 0 Å². The molecule has 0 radical (unpaired) electrons. The van der Waals surface area contributed by atoms with E-state index in [0.29, 0.717) is 28.8 Å². The number of rotatable bonds is 4. The number of amides is 1. The van der Waals surface area contributed by atoms with Gasteiger partial charge in [0.1, 0.15) is 17.0 Å². The summed E-state index contributed by atoms with van der Waals surface area (Å²) >= 11 is 0. The first-order chi connectivity index (χ1) is 11.9. The summed E-state index contributed by atoms with van der Waals surface area (Å²) in [6.07, 6.45) is 0. The van der Waals surface area contributed by atoms with Gasteiger partial charge in [0.05, 0.1) is 6.54 Å². The fourth-order valence-electron chi connectivity index (χ4n) is 2.42. The first-order valence-corrected chi connectivity index (χ1v) is 7.99. The Morgan fingerprint density at radius 1 is 1.16 bits per heavy atom. The van der Waals surface area contributed by atoms with E-state index in [-0.39, 0.29) is 17.9 Å². The van der Waals surface area contributed by atoms with E-state index in [1.807, 2.05) is 51.1 Å². The standard InChI is InChI=1S/C18H20N4O3/c1-11-14(15(22-25-11)18(2,3)4)16(23)19-10-13-20-21-17(24-13)12-8-6-5-7-9-12/h5-9H,10H2,1-4H3,(H,19,23). The third-order valence-corrected chi connectivity index (χ3v) is 3.69. The largest absolute Gasteiger partial charge is 0.419 e. The van der Waals surface area contributed by atoms with Crippen molar-refractivity contribution in [1.82, 2.24) is 20.7 Å². The van der Waals surface area contributed by atoms with Crippen LogP contribution in [0.5, 0.6) is 0 Å². The fourth-order valence-corrected chi connectivity index (χ4v) is 2.42. The lowest BCUT2D eigenvalue weighted by Gasteiger charge is -2.16. The number of carbonyl (C=O) groups excluding carboxylic acids is 1. The highest BCUT2D eigenvalue weighted by molar-refractivity contribution is 5.96. The number of hydrogen-bond donors (Lipinski definition) is 1. The molecule has 0 aliphatic rings. The van der Waals surface area contributed by atoms with Crippen molar-refractivity contribution < 1.29 is 13.7 Å². The molecule has 1 amide bonds. The van der Waals surface area contributed by atoms with Gasteiger partial charge in [-0.3, -0.25) is 4.79 Å². The third-order valence-electron chi connectivity index (χ3n) is 3.69. The zero-order valence-corrected chi connectivity index (χ0v) is 14.7. The van der Waals surface area contributed by atoms with Crippen LogP contribution < -0.4 is 5.32 Å². The van der Waals surface area contributed by atoms with Gasteiger partial charge in [-0.2, -0.15) is 0 Å². The molecular weight excluding hydrogens is 320 g/mol. The molecule has 2 heterocycles. The second-order valence-corrected chi connectivity index (χ2v) is 6.76. The molecule has 1 aromatic carbocycles. The van der Waals surface area contributed by atoms with E-state index in [9.17, 15) is 4.79 Å². The van der Waals surface area contributed by atoms with E-state index in [0.717, 1.165) is 5.56 Å². The number of nitrogens with zero attached hydrogens (tertiary/aromatic N) is 3. The van der Waals surface area contributed by atoms with Crippen LogP contribution in [-0.2, 0) is 12.0 Å². The molecule has 0 spiro atoms. The average Bonchev–Trinajstić information content (AvgIpc) is 3.20. The molecule has 130 valence electrons. The molecule has 0 atom stereocenters. The van der Waals surface area contributed by atoms with Gasteiger partial charge in [-0.15, -0.1) is 10.2 Å². The van der Waals surface area contributed by atoms with Crippen molar-refractivity contribution in [1.29, 1.82) is 0 Å². The van der Waals surface area contributed by atoms with Gasteiger partial charge < -0.3 is 14.3 Å². The monoisotopic (exact) mass is 340 g/mol. The number of hydrogen-bond acceptors (Lipinski definition) is 6. The van der Waals surface area contributed by atoms with Gasteiger partial charge in [-0.05, 0) is 19.1 Å². The molecule has 3 rings (SSSR count). The maximum absolute atomic E-state index is 12.5. The Labute approximate surface area is 145 Å². The van der Waals surface area contributed by atoms with Crippen LogP contribution in [0.1, 0.15) is 48.5 Å². The molecule has 7 nitrogen and oxygen atoms in total. The SMILES string of the molecule is Cc1onc(C(C)(C)C)c1C(=O)NCc1nnc(-c2ccccc2)o1. The predicted molar refractivity (Wildman–Crippen MR) is 90.8 cm³/mol. The topological polar surface area (TPSA) is 94.1 Å². The minimum Gasteiger partial charge on any atom is -0.419 e. The lowest BCUT2D eigenvalue weighted by atomic mass is 9.88. The number of nitrogens with one attached hydrogen (secondary N) is 1. The van der Waals surface area contributed by atoms with E-state index in [2.05, 4.69) is 20.7 Å². The van der Waals surface area contributed by atoms with Crippen molar-refractivity contribution in [2.24, 2.45) is 0 Å². The van der Waals surface area contributed by atoms with Gasteiger partial charge in [0.25, 0.3) is 5.91 Å². The van der Waals surface area contributed by atoms with E-state index >= 15 is 0 Å². The molecule has 0 aliphatic carbocycles. The smallest absolute Gasteiger partial charge is 0.257 e. The van der Waals surface area contributed by atoms with Crippen LogP contribution in [0, 0.1) is 6.92 Å². The second-order valence-electron chi connectivity index (χ2n) is 6.76. The molecule has 25 heavy (non-hydrogen) atoms. The van der Waals surface area contributed by atoms with Crippen molar-refractivity contribution in [3.8, 4) is 11.5 Å². The molecule has 0 fully saturated rings. The van der Waals surface area contributed by atoms with Crippen LogP contribution in [0.25, 0.3) is 11.5 Å². The fraction of sp³-hybridized carbons (Fsp3) is 0.333. The maximum atomic E-state index is 12.5. The molecule has 0 saturated carbocycles. The van der Waals surface area contributed by atoms with E-state index < -0.39 is 0 Å². The zero-order valence-electron chi connectivity index (χ0n) is 14.7. The maximum Gasteiger partial charge on any atom is 0.257 e. The number of aromatic nitrogens is 3. The predicted octanol–water partition coefficient (Wildman–Crippen LogP) is 3.26. The Kier molecular flexibility index (Phi) is 4.39. The highest BCUT2D eigenvalue weighted by Gasteiger charge is 2.28. The normalized spacial score (nSPS) is 11.5. The van der Waals surface area contributed by atoms with Gasteiger partial charge in [0.2, 0.25) is 11.8 Å². The Bertz CT molecular complexity index is 875. The van der Waals surface area contributed by atoms with E-state index in [1.165, 1.54) is 0 Å². The lowest BCUT2D eigenvalue weighted by molar-refractivity contribution is 0.0944. The van der Waals surface area contributed by atoms with Crippen LogP contribution in [-0.4, -0.2) is 21.3 Å². The Morgan fingerprint density at radius 2 is 1.88 bits per heavy atom. The van der Waals surface area contributed by atoms with Crippen LogP contribution in [0.2, 0.25) is 0 Å². The van der Waals surface area contributed by atoms with Crippen molar-refractivity contribution in [2.45, 2.75) is 39.7 Å². The Hall–Kier alpha value is -2.96. The highest BCUT2D eigenvalue weighted by atomic mass is 16.5. The van der Waals surface area contributed by atoms with Crippen molar-refractivity contribution in [3.05, 3.63) is 53.2 Å². The third kappa shape index (κ3) is 3.60. The van der Waals surface area contributed by atoms with Gasteiger partial charge >= 0.3 is 0 Å². The summed E-state index contributed by atoms with van der Waals surface area (Å²) in [7, 11) is 0. The first-order valence-electron chi connectivity index (χ1n) is 7.99. The minimum atomic E-state index is -0.296. The Morgan fingerprint density at radius 3 is 2.56 bits per heavy atom. The molecular formula is C18H20N4O3. The van der Waals surface area contributed by atoms with Crippen LogP contribution >= 0.6 is 0 Å². The highest BCUT2D eigenvalue weighted by Crippen LogP contribution is 2.27. The number of aryl methyl sites for hydroxylation is 1. The number of carbonyl (C=O) groups is 1. The molecule has 0 saturated heterocycles. The molecule has 3 aromatic rings. The van der Waals surface area contributed by atoms with E-state index in [1.54, 1.807) is 6.92 Å². The summed E-state index contributed by atoms with van der Waals surface area (Å²) in [5.74, 6) is 0.959. The van der Waals surface area contributed by atoms with Crippen molar-refractivity contribution in [3.63, 3.8) is 0 Å². The summed E-state index contributed by atoms with van der Waals surface area (Å²) in [5.41, 5.74) is 1.61. The minimum absolute atomic E-state index is 0.132.